The number of nitrogens with zero attached hydrogens (tertiary/aromatic N) is 4. The number of nitrogens with two attached hydrogens (primary N) is 1. The van der Waals surface area contributed by atoms with E-state index in [4.69, 9.17) is 17.3 Å². The number of rotatable bonds is 7. The van der Waals surface area contributed by atoms with Crippen LogP contribution in [0, 0.1) is 5.41 Å². The fourth-order valence-corrected chi connectivity index (χ4v) is 2.89. The molecule has 1 aromatic heterocycles. The summed E-state index contributed by atoms with van der Waals surface area (Å²) in [5, 5.41) is 8.98. The maximum atomic E-state index is 12.9. The predicted octanol–water partition coefficient (Wildman–Crippen LogP) is 2.93. The number of aromatic nitrogens is 3. The molecule has 0 spiro atoms. The van der Waals surface area contributed by atoms with Gasteiger partial charge in [-0.05, 0) is 36.6 Å². The first kappa shape index (κ1) is 19.4. The Labute approximate surface area is 153 Å². The van der Waals surface area contributed by atoms with Crippen LogP contribution in [-0.4, -0.2) is 45.9 Å². The smallest absolute Gasteiger partial charge is 0.276 e. The Morgan fingerprint density at radius 1 is 1.40 bits per heavy atom. The highest BCUT2D eigenvalue weighted by Crippen LogP contribution is 2.21. The summed E-state index contributed by atoms with van der Waals surface area (Å²) >= 11 is 6.08. The summed E-state index contributed by atoms with van der Waals surface area (Å²) < 4.78 is 1.70. The van der Waals surface area contributed by atoms with Crippen LogP contribution < -0.4 is 5.73 Å². The lowest BCUT2D eigenvalue weighted by atomic mass is 9.93. The third-order valence-electron chi connectivity index (χ3n) is 4.07. The van der Waals surface area contributed by atoms with Gasteiger partial charge in [-0.2, -0.15) is 0 Å². The number of amides is 1. The van der Waals surface area contributed by atoms with Gasteiger partial charge in [0.15, 0.2) is 5.69 Å². The fourth-order valence-electron chi connectivity index (χ4n) is 2.70. The number of carbonyl (C=O) groups excluding carboxylic acids is 1. The number of benzene rings is 1. The second-order valence-electron chi connectivity index (χ2n) is 7.06. The lowest BCUT2D eigenvalue weighted by Crippen LogP contribution is -2.40. The van der Waals surface area contributed by atoms with Gasteiger partial charge >= 0.3 is 0 Å². The van der Waals surface area contributed by atoms with E-state index in [1.807, 2.05) is 32.0 Å². The number of halogens is 1. The van der Waals surface area contributed by atoms with Crippen molar-refractivity contribution >= 4 is 17.5 Å². The molecule has 0 aliphatic heterocycles. The zero-order valence-electron chi connectivity index (χ0n) is 15.3. The van der Waals surface area contributed by atoms with Gasteiger partial charge in [-0.3, -0.25) is 4.79 Å². The number of carbonyl (C=O) groups is 1. The van der Waals surface area contributed by atoms with Crippen LogP contribution in [-0.2, 0) is 6.42 Å². The Hall–Kier alpha value is -1.92. The lowest BCUT2D eigenvalue weighted by Gasteiger charge is -2.28. The molecule has 1 amide bonds. The lowest BCUT2D eigenvalue weighted by molar-refractivity contribution is 0.0733. The first-order chi connectivity index (χ1) is 11.8. The quantitative estimate of drug-likeness (QED) is 0.820. The van der Waals surface area contributed by atoms with Crippen molar-refractivity contribution in [1.29, 1.82) is 0 Å². The highest BCUT2D eigenvalue weighted by molar-refractivity contribution is 6.30. The summed E-state index contributed by atoms with van der Waals surface area (Å²) in [5.74, 6) is -0.141. The highest BCUT2D eigenvalue weighted by Gasteiger charge is 2.26. The normalized spacial score (nSPS) is 11.6. The molecular formula is C18H26ClN5O. The molecule has 2 rings (SSSR count). The number of hydrogen-bond donors (Lipinski definition) is 1. The largest absolute Gasteiger partial charge is 0.340 e. The van der Waals surface area contributed by atoms with E-state index in [9.17, 15) is 4.79 Å². The van der Waals surface area contributed by atoms with Crippen LogP contribution >= 0.6 is 11.6 Å². The highest BCUT2D eigenvalue weighted by atomic mass is 35.5. The standard InChI is InChI=1S/C18H26ClN5O/c1-5-7-15-16(17(25)23(4)12-18(2,3)11-20)21-22-24(15)14-9-6-8-13(19)10-14/h6,8-10H,5,7,11-12,20H2,1-4H3. The van der Waals surface area contributed by atoms with E-state index < -0.39 is 0 Å². The van der Waals surface area contributed by atoms with Crippen molar-refractivity contribution in [2.45, 2.75) is 33.6 Å². The van der Waals surface area contributed by atoms with Gasteiger partial charge in [0.05, 0.1) is 11.4 Å². The molecule has 0 fully saturated rings. The van der Waals surface area contributed by atoms with Crippen molar-refractivity contribution in [2.24, 2.45) is 11.1 Å². The summed E-state index contributed by atoms with van der Waals surface area (Å²) in [5.41, 5.74) is 7.61. The maximum absolute atomic E-state index is 12.9. The van der Waals surface area contributed by atoms with Crippen LogP contribution in [0.3, 0.4) is 0 Å². The summed E-state index contributed by atoms with van der Waals surface area (Å²) in [4.78, 5) is 14.6. The van der Waals surface area contributed by atoms with E-state index in [-0.39, 0.29) is 11.3 Å². The third-order valence-corrected chi connectivity index (χ3v) is 4.30. The maximum Gasteiger partial charge on any atom is 0.276 e. The molecular weight excluding hydrogens is 338 g/mol. The average molecular weight is 364 g/mol. The molecule has 136 valence electrons. The average Bonchev–Trinajstić information content (AvgIpc) is 2.97. The molecule has 0 saturated carbocycles. The van der Waals surface area contributed by atoms with E-state index >= 15 is 0 Å². The minimum atomic E-state index is -0.154. The topological polar surface area (TPSA) is 77.0 Å². The second-order valence-corrected chi connectivity index (χ2v) is 7.49. The summed E-state index contributed by atoms with van der Waals surface area (Å²) in [6, 6.07) is 7.36. The van der Waals surface area contributed by atoms with Crippen LogP contribution in [0.4, 0.5) is 0 Å². The molecule has 0 aliphatic rings. The van der Waals surface area contributed by atoms with Gasteiger partial charge in [0, 0.05) is 18.6 Å². The van der Waals surface area contributed by atoms with E-state index in [2.05, 4.69) is 17.2 Å². The molecule has 0 radical (unpaired) electrons. The second kappa shape index (κ2) is 7.97. The molecule has 1 aromatic carbocycles. The Bertz CT molecular complexity index is 741. The first-order valence-corrected chi connectivity index (χ1v) is 8.83. The van der Waals surface area contributed by atoms with Gasteiger partial charge in [0.25, 0.3) is 5.91 Å². The third kappa shape index (κ3) is 4.58. The first-order valence-electron chi connectivity index (χ1n) is 8.45. The summed E-state index contributed by atoms with van der Waals surface area (Å²) in [7, 11) is 1.77. The van der Waals surface area contributed by atoms with Gasteiger partial charge in [-0.15, -0.1) is 5.10 Å². The van der Waals surface area contributed by atoms with Crippen LogP contribution in [0.5, 0.6) is 0 Å². The Morgan fingerprint density at radius 3 is 2.72 bits per heavy atom. The fraction of sp³-hybridized carbons (Fsp3) is 0.500. The Balaban J connectivity index is 2.37. The van der Waals surface area contributed by atoms with E-state index in [0.29, 0.717) is 30.2 Å². The van der Waals surface area contributed by atoms with Gasteiger partial charge in [-0.25, -0.2) is 4.68 Å². The van der Waals surface area contributed by atoms with Crippen molar-refractivity contribution < 1.29 is 4.79 Å². The molecule has 0 saturated heterocycles. The molecule has 0 atom stereocenters. The molecule has 2 N–H and O–H groups in total. The molecule has 0 unspecified atom stereocenters. The predicted molar refractivity (Wildman–Crippen MR) is 100 cm³/mol. The minimum absolute atomic E-state index is 0.141. The molecule has 7 heteroatoms. The van der Waals surface area contributed by atoms with E-state index in [1.54, 1.807) is 22.7 Å². The van der Waals surface area contributed by atoms with Crippen molar-refractivity contribution in [1.82, 2.24) is 19.9 Å². The molecule has 0 bridgehead atoms. The number of hydrogen-bond acceptors (Lipinski definition) is 4. The Kier molecular flexibility index (Phi) is 6.19. The summed E-state index contributed by atoms with van der Waals surface area (Å²) in [6.45, 7) is 7.18. The molecule has 6 nitrogen and oxygen atoms in total. The van der Waals surface area contributed by atoms with Crippen molar-refractivity contribution in [3.8, 4) is 5.69 Å². The van der Waals surface area contributed by atoms with E-state index in [0.717, 1.165) is 17.8 Å². The SMILES string of the molecule is CCCc1c(C(=O)N(C)CC(C)(C)CN)nnn1-c1cccc(Cl)c1. The molecule has 0 aliphatic carbocycles. The van der Waals surface area contributed by atoms with Gasteiger partial charge in [-0.1, -0.05) is 50.1 Å². The zero-order valence-corrected chi connectivity index (χ0v) is 16.0. The van der Waals surface area contributed by atoms with Crippen LogP contribution in [0.2, 0.25) is 5.02 Å². The van der Waals surface area contributed by atoms with Crippen LogP contribution in [0.15, 0.2) is 24.3 Å². The molecule has 2 aromatic rings. The van der Waals surface area contributed by atoms with Gasteiger partial charge in [0.2, 0.25) is 0 Å². The van der Waals surface area contributed by atoms with Crippen molar-refractivity contribution in [2.75, 3.05) is 20.1 Å². The van der Waals surface area contributed by atoms with E-state index in [1.165, 1.54) is 0 Å². The molecule has 1 heterocycles. The van der Waals surface area contributed by atoms with Crippen LogP contribution in [0.1, 0.15) is 43.4 Å². The minimum Gasteiger partial charge on any atom is -0.340 e. The van der Waals surface area contributed by atoms with Gasteiger partial charge < -0.3 is 10.6 Å². The Morgan fingerprint density at radius 2 is 2.12 bits per heavy atom. The van der Waals surface area contributed by atoms with Crippen molar-refractivity contribution in [3.05, 3.63) is 40.7 Å². The zero-order chi connectivity index (χ0) is 18.6. The van der Waals surface area contributed by atoms with Gasteiger partial charge in [0.1, 0.15) is 0 Å². The van der Waals surface area contributed by atoms with Crippen LogP contribution in [0.25, 0.3) is 5.69 Å². The monoisotopic (exact) mass is 363 g/mol. The summed E-state index contributed by atoms with van der Waals surface area (Å²) in [6.07, 6.45) is 1.58. The van der Waals surface area contributed by atoms with Crippen molar-refractivity contribution in [3.63, 3.8) is 0 Å². The molecule has 25 heavy (non-hydrogen) atoms.